The molecule has 1 aromatic carbocycles. The van der Waals surface area contributed by atoms with Gasteiger partial charge >= 0.3 is 5.97 Å². The lowest BCUT2D eigenvalue weighted by Gasteiger charge is -2.12. The van der Waals surface area contributed by atoms with E-state index in [2.05, 4.69) is 19.9 Å². The Morgan fingerprint density at radius 1 is 1.12 bits per heavy atom. The van der Waals surface area contributed by atoms with E-state index in [9.17, 15) is 4.79 Å². The van der Waals surface area contributed by atoms with Crippen molar-refractivity contribution in [2.45, 2.75) is 26.6 Å². The summed E-state index contributed by atoms with van der Waals surface area (Å²) in [5, 5.41) is 1.76. The normalized spacial score (nSPS) is 11.7. The van der Waals surface area contributed by atoms with Gasteiger partial charge in [-0.15, -0.1) is 0 Å². The average molecular weight is 350 g/mol. The highest BCUT2D eigenvalue weighted by Gasteiger charge is 2.22. The highest BCUT2D eigenvalue weighted by atomic mass is 16.5. The minimum Gasteiger partial charge on any atom is -0.458 e. The Morgan fingerprint density at radius 3 is 2.69 bits per heavy atom. The maximum absolute atomic E-state index is 12.5. The molecule has 0 aliphatic carbocycles. The first-order valence-electron chi connectivity index (χ1n) is 8.33. The van der Waals surface area contributed by atoms with Crippen LogP contribution < -0.4 is 0 Å². The number of nitrogens with one attached hydrogen (secondary N) is 1. The van der Waals surface area contributed by atoms with Crippen LogP contribution in [-0.4, -0.2) is 39.1 Å². The zero-order valence-corrected chi connectivity index (χ0v) is 14.7. The van der Waals surface area contributed by atoms with Crippen molar-refractivity contribution in [3.05, 3.63) is 42.0 Å². The van der Waals surface area contributed by atoms with Crippen molar-refractivity contribution < 1.29 is 14.3 Å². The maximum atomic E-state index is 12.5. The molecule has 26 heavy (non-hydrogen) atoms. The molecule has 3 aromatic heterocycles. The quantitative estimate of drug-likeness (QED) is 0.568. The van der Waals surface area contributed by atoms with E-state index in [-0.39, 0.29) is 18.4 Å². The number of hydrogen-bond acceptors (Lipinski definition) is 6. The molecule has 0 aliphatic rings. The van der Waals surface area contributed by atoms with Gasteiger partial charge in [-0.25, -0.2) is 9.78 Å². The predicted octanol–water partition coefficient (Wildman–Crippen LogP) is 3.37. The molecule has 0 amide bonds. The van der Waals surface area contributed by atoms with E-state index in [1.54, 1.807) is 39.5 Å². The molecule has 4 aromatic rings. The Kier molecular flexibility index (Phi) is 4.00. The van der Waals surface area contributed by atoms with Crippen LogP contribution in [0.3, 0.4) is 0 Å². The van der Waals surface area contributed by atoms with Crippen molar-refractivity contribution in [3.63, 3.8) is 0 Å². The molecule has 0 bridgehead atoms. The third-order valence-corrected chi connectivity index (χ3v) is 4.16. The van der Waals surface area contributed by atoms with Crippen LogP contribution in [0.1, 0.15) is 29.9 Å². The van der Waals surface area contributed by atoms with Crippen LogP contribution in [0.2, 0.25) is 0 Å². The number of aromatic amines is 1. The van der Waals surface area contributed by atoms with Crippen LogP contribution in [0.15, 0.2) is 30.7 Å². The standard InChI is InChI=1S/C19H18N4O3/c1-10(2)26-19(24)17-11(9-25-3)15-14(8-22-17)23-12-4-5-13-18(16(12)15)21-7-6-20-13/h4-8,10,23H,9H2,1-3H3. The van der Waals surface area contributed by atoms with Crippen LogP contribution in [0.5, 0.6) is 0 Å². The fourth-order valence-electron chi connectivity index (χ4n) is 3.20. The molecule has 0 atom stereocenters. The smallest absolute Gasteiger partial charge is 0.357 e. The van der Waals surface area contributed by atoms with Crippen molar-refractivity contribution in [2.75, 3.05) is 7.11 Å². The molecule has 0 saturated carbocycles. The summed E-state index contributed by atoms with van der Waals surface area (Å²) in [6, 6.07) is 3.87. The van der Waals surface area contributed by atoms with Crippen LogP contribution in [0, 0.1) is 0 Å². The number of nitrogens with zero attached hydrogens (tertiary/aromatic N) is 3. The summed E-state index contributed by atoms with van der Waals surface area (Å²) < 4.78 is 10.7. The zero-order chi connectivity index (χ0) is 18.3. The number of methoxy groups -OCH3 is 1. The summed E-state index contributed by atoms with van der Waals surface area (Å²) in [5.41, 5.74) is 4.21. The van der Waals surface area contributed by atoms with E-state index >= 15 is 0 Å². The molecular weight excluding hydrogens is 332 g/mol. The van der Waals surface area contributed by atoms with E-state index in [1.807, 2.05) is 12.1 Å². The number of H-pyrrole nitrogens is 1. The molecule has 132 valence electrons. The van der Waals surface area contributed by atoms with Crippen LogP contribution in [0.4, 0.5) is 0 Å². The van der Waals surface area contributed by atoms with Gasteiger partial charge in [0, 0.05) is 41.4 Å². The van der Waals surface area contributed by atoms with E-state index in [0.29, 0.717) is 5.56 Å². The summed E-state index contributed by atoms with van der Waals surface area (Å²) in [5.74, 6) is -0.463. The molecule has 0 fully saturated rings. The Hall–Kier alpha value is -3.06. The molecule has 7 heteroatoms. The van der Waals surface area contributed by atoms with Crippen molar-refractivity contribution in [1.29, 1.82) is 0 Å². The number of ether oxygens (including phenoxy) is 2. The summed E-state index contributed by atoms with van der Waals surface area (Å²) in [6.07, 6.45) is 4.73. The Balaban J connectivity index is 2.10. The lowest BCUT2D eigenvalue weighted by Crippen LogP contribution is -2.15. The van der Waals surface area contributed by atoms with Gasteiger partial charge in [0.05, 0.1) is 35.5 Å². The molecule has 0 aliphatic heterocycles. The summed E-state index contributed by atoms with van der Waals surface area (Å²) in [7, 11) is 1.59. The fourth-order valence-corrected chi connectivity index (χ4v) is 3.20. The van der Waals surface area contributed by atoms with E-state index in [0.717, 1.165) is 32.8 Å². The van der Waals surface area contributed by atoms with Crippen molar-refractivity contribution in [2.24, 2.45) is 0 Å². The molecular formula is C19H18N4O3. The second-order valence-corrected chi connectivity index (χ2v) is 6.30. The van der Waals surface area contributed by atoms with Gasteiger partial charge < -0.3 is 14.5 Å². The van der Waals surface area contributed by atoms with Crippen molar-refractivity contribution in [1.82, 2.24) is 19.9 Å². The Labute approximate surface area is 149 Å². The largest absolute Gasteiger partial charge is 0.458 e. The third-order valence-electron chi connectivity index (χ3n) is 4.16. The first-order valence-corrected chi connectivity index (χ1v) is 8.33. The van der Waals surface area contributed by atoms with Gasteiger partial charge in [0.2, 0.25) is 0 Å². The minimum atomic E-state index is -0.463. The van der Waals surface area contributed by atoms with Gasteiger partial charge in [0.15, 0.2) is 5.69 Å². The third kappa shape index (κ3) is 2.57. The summed E-state index contributed by atoms with van der Waals surface area (Å²) in [6.45, 7) is 3.85. The number of pyridine rings is 1. The number of carbonyl (C=O) groups excluding carboxylic acids is 1. The topological polar surface area (TPSA) is 90.0 Å². The minimum absolute atomic E-state index is 0.231. The van der Waals surface area contributed by atoms with Crippen LogP contribution in [0.25, 0.3) is 32.8 Å². The van der Waals surface area contributed by atoms with Gasteiger partial charge in [-0.2, -0.15) is 0 Å². The molecule has 4 rings (SSSR count). The number of fused-ring (bicyclic) bond motifs is 5. The Bertz CT molecular complexity index is 1130. The van der Waals surface area contributed by atoms with E-state index in [1.165, 1.54) is 0 Å². The van der Waals surface area contributed by atoms with E-state index < -0.39 is 5.97 Å². The number of hydrogen-bond donors (Lipinski definition) is 1. The van der Waals surface area contributed by atoms with Crippen molar-refractivity contribution >= 4 is 38.8 Å². The number of aromatic nitrogens is 4. The monoisotopic (exact) mass is 350 g/mol. The van der Waals surface area contributed by atoms with Crippen LogP contribution >= 0.6 is 0 Å². The number of carbonyl (C=O) groups is 1. The lowest BCUT2D eigenvalue weighted by atomic mass is 10.0. The second kappa shape index (κ2) is 6.34. The van der Waals surface area contributed by atoms with E-state index in [4.69, 9.17) is 9.47 Å². The van der Waals surface area contributed by atoms with Gasteiger partial charge in [-0.1, -0.05) is 0 Å². The molecule has 0 spiro atoms. The van der Waals surface area contributed by atoms with Gasteiger partial charge in [0.1, 0.15) is 0 Å². The summed E-state index contributed by atoms with van der Waals surface area (Å²) in [4.78, 5) is 29.1. The SMILES string of the molecule is COCc1c(C(=O)OC(C)C)ncc2[nH]c3ccc4nccnc4c3c12. The number of rotatable bonds is 4. The number of esters is 1. The number of benzene rings is 1. The van der Waals surface area contributed by atoms with Gasteiger partial charge in [-0.3, -0.25) is 9.97 Å². The van der Waals surface area contributed by atoms with Crippen LogP contribution in [-0.2, 0) is 16.1 Å². The fraction of sp³-hybridized carbons (Fsp3) is 0.263. The second-order valence-electron chi connectivity index (χ2n) is 6.30. The molecule has 7 nitrogen and oxygen atoms in total. The first kappa shape index (κ1) is 16.4. The highest BCUT2D eigenvalue weighted by molar-refractivity contribution is 6.20. The Morgan fingerprint density at radius 2 is 1.92 bits per heavy atom. The first-order chi connectivity index (χ1) is 12.6. The highest BCUT2D eigenvalue weighted by Crippen LogP contribution is 2.34. The van der Waals surface area contributed by atoms with Gasteiger partial charge in [0.25, 0.3) is 0 Å². The van der Waals surface area contributed by atoms with Crippen molar-refractivity contribution in [3.8, 4) is 0 Å². The molecule has 0 radical (unpaired) electrons. The van der Waals surface area contributed by atoms with Gasteiger partial charge in [-0.05, 0) is 26.0 Å². The zero-order valence-electron chi connectivity index (χ0n) is 14.7. The maximum Gasteiger partial charge on any atom is 0.357 e. The molecule has 0 unspecified atom stereocenters. The molecule has 1 N–H and O–H groups in total. The molecule has 3 heterocycles. The predicted molar refractivity (Wildman–Crippen MR) is 98.0 cm³/mol. The molecule has 0 saturated heterocycles. The summed E-state index contributed by atoms with van der Waals surface area (Å²) >= 11 is 0. The lowest BCUT2D eigenvalue weighted by molar-refractivity contribution is 0.0366. The average Bonchev–Trinajstić information content (AvgIpc) is 3.01.